The van der Waals surface area contributed by atoms with E-state index in [4.69, 9.17) is 0 Å². The molecule has 0 radical (unpaired) electrons. The van der Waals surface area contributed by atoms with Gasteiger partial charge < -0.3 is 0 Å². The molecular formula is C28H36O3. The van der Waals surface area contributed by atoms with E-state index in [2.05, 4.69) is 44.2 Å². The lowest BCUT2D eigenvalue weighted by molar-refractivity contribution is -0.129. The summed E-state index contributed by atoms with van der Waals surface area (Å²) in [7, 11) is 0. The van der Waals surface area contributed by atoms with Gasteiger partial charge in [0.25, 0.3) is 0 Å². The van der Waals surface area contributed by atoms with Crippen LogP contribution in [0.1, 0.15) is 92.8 Å². The van der Waals surface area contributed by atoms with Crippen molar-refractivity contribution in [1.82, 2.24) is 0 Å². The summed E-state index contributed by atoms with van der Waals surface area (Å²) in [4.78, 5) is 37.4. The molecule has 3 unspecified atom stereocenters. The largest absolute Gasteiger partial charge is 0.300 e. The molecule has 3 rings (SSSR count). The number of hydrogen-bond donors (Lipinski definition) is 0. The summed E-state index contributed by atoms with van der Waals surface area (Å²) in [5.74, 6) is 0.709. The van der Waals surface area contributed by atoms with Gasteiger partial charge in [-0.1, -0.05) is 57.0 Å². The van der Waals surface area contributed by atoms with Crippen molar-refractivity contribution < 1.29 is 14.4 Å². The summed E-state index contributed by atoms with van der Waals surface area (Å²) in [6.07, 6.45) is 12.4. The first-order valence-electron chi connectivity index (χ1n) is 11.9. The molecule has 0 amide bonds. The maximum absolute atomic E-state index is 13.2. The summed E-state index contributed by atoms with van der Waals surface area (Å²) in [5, 5.41) is 0. The smallest absolute Gasteiger partial charge is 0.163 e. The van der Waals surface area contributed by atoms with Gasteiger partial charge in [0.15, 0.2) is 5.78 Å². The molecule has 2 aliphatic carbocycles. The van der Waals surface area contributed by atoms with Crippen LogP contribution in [-0.2, 0) is 16.0 Å². The fraction of sp³-hybridized carbons (Fsp3) is 0.536. The molecule has 0 fully saturated rings. The van der Waals surface area contributed by atoms with Crippen LogP contribution in [0.15, 0.2) is 30.4 Å². The van der Waals surface area contributed by atoms with Crippen LogP contribution in [0, 0.1) is 24.7 Å². The molecule has 2 aliphatic rings. The first-order valence-corrected chi connectivity index (χ1v) is 11.9. The van der Waals surface area contributed by atoms with Crippen LogP contribution in [0.5, 0.6) is 0 Å². The monoisotopic (exact) mass is 420 g/mol. The van der Waals surface area contributed by atoms with Crippen molar-refractivity contribution >= 4 is 22.9 Å². The molecule has 3 nitrogen and oxygen atoms in total. The predicted octanol–water partition coefficient (Wildman–Crippen LogP) is 6.46. The lowest BCUT2D eigenvalue weighted by atomic mass is 9.71. The summed E-state index contributed by atoms with van der Waals surface area (Å²) in [6, 6.07) is 4.32. The summed E-state index contributed by atoms with van der Waals surface area (Å²) >= 11 is 0. The van der Waals surface area contributed by atoms with Crippen molar-refractivity contribution in [1.29, 1.82) is 0 Å². The molecule has 1 aromatic carbocycles. The predicted molar refractivity (Wildman–Crippen MR) is 126 cm³/mol. The average molecular weight is 421 g/mol. The molecule has 166 valence electrons. The number of allylic oxidation sites excluding steroid dienone is 4. The first-order chi connectivity index (χ1) is 14.8. The third kappa shape index (κ3) is 5.31. The maximum Gasteiger partial charge on any atom is 0.163 e. The molecular weight excluding hydrogens is 384 g/mol. The Balaban J connectivity index is 1.79. The van der Waals surface area contributed by atoms with E-state index in [0.29, 0.717) is 6.42 Å². The zero-order valence-corrected chi connectivity index (χ0v) is 19.5. The van der Waals surface area contributed by atoms with Crippen LogP contribution >= 0.6 is 0 Å². The van der Waals surface area contributed by atoms with Gasteiger partial charge >= 0.3 is 0 Å². The molecule has 3 atom stereocenters. The van der Waals surface area contributed by atoms with Crippen molar-refractivity contribution in [3.63, 3.8) is 0 Å². The quantitative estimate of drug-likeness (QED) is 0.408. The summed E-state index contributed by atoms with van der Waals surface area (Å²) in [5.41, 5.74) is 5.68. The topological polar surface area (TPSA) is 51.2 Å². The van der Waals surface area contributed by atoms with Crippen LogP contribution in [0.3, 0.4) is 0 Å². The third-order valence-corrected chi connectivity index (χ3v) is 7.07. The van der Waals surface area contributed by atoms with Crippen LogP contribution in [-0.4, -0.2) is 17.3 Å². The lowest BCUT2D eigenvalue weighted by Crippen LogP contribution is -2.30. The van der Waals surface area contributed by atoms with E-state index in [9.17, 15) is 14.4 Å². The van der Waals surface area contributed by atoms with E-state index in [0.717, 1.165) is 55.2 Å². The van der Waals surface area contributed by atoms with E-state index in [1.165, 1.54) is 18.1 Å². The second kappa shape index (κ2) is 10.3. The molecule has 0 N–H and O–H groups in total. The normalized spacial score (nSPS) is 19.7. The second-order valence-electron chi connectivity index (χ2n) is 9.44. The van der Waals surface area contributed by atoms with Crippen LogP contribution < -0.4 is 0 Å². The van der Waals surface area contributed by atoms with Crippen LogP contribution in [0.25, 0.3) is 5.57 Å². The van der Waals surface area contributed by atoms with Gasteiger partial charge in [0, 0.05) is 17.9 Å². The van der Waals surface area contributed by atoms with Gasteiger partial charge in [-0.2, -0.15) is 0 Å². The Morgan fingerprint density at radius 3 is 2.55 bits per heavy atom. The minimum absolute atomic E-state index is 0.0395. The Bertz CT molecular complexity index is 918. The number of ketones is 3. The first kappa shape index (κ1) is 23.4. The zero-order chi connectivity index (χ0) is 22.5. The highest BCUT2D eigenvalue weighted by molar-refractivity contribution is 6.01. The molecule has 0 heterocycles. The van der Waals surface area contributed by atoms with Crippen molar-refractivity contribution in [2.45, 2.75) is 79.1 Å². The molecule has 0 saturated heterocycles. The number of carbonyl (C=O) groups is 3. The number of Topliss-reactive ketones (excluding diaryl/α,β-unsaturated/α-hetero) is 3. The molecule has 31 heavy (non-hydrogen) atoms. The maximum atomic E-state index is 13.2. The molecule has 0 aromatic heterocycles. The SMILES string of the molecule is CCCC(CC1CC(=O)c2c(ccc(C3=CC=CC3)c2C)C1)C(CC)C(=O)CC(C)=O. The molecule has 0 spiro atoms. The van der Waals surface area contributed by atoms with Crippen LogP contribution in [0.4, 0.5) is 0 Å². The highest BCUT2D eigenvalue weighted by Gasteiger charge is 2.33. The average Bonchev–Trinajstić information content (AvgIpc) is 3.22. The Morgan fingerprint density at radius 2 is 1.94 bits per heavy atom. The Kier molecular flexibility index (Phi) is 7.80. The van der Waals surface area contributed by atoms with Gasteiger partial charge in [-0.25, -0.2) is 0 Å². The Hall–Kier alpha value is -2.29. The van der Waals surface area contributed by atoms with Gasteiger partial charge in [0.1, 0.15) is 11.6 Å². The fourth-order valence-electron chi connectivity index (χ4n) is 5.72. The Labute approximate surface area is 187 Å². The molecule has 1 aromatic rings. The van der Waals surface area contributed by atoms with E-state index in [-0.39, 0.29) is 41.5 Å². The van der Waals surface area contributed by atoms with Gasteiger partial charge in [-0.3, -0.25) is 14.4 Å². The van der Waals surface area contributed by atoms with Gasteiger partial charge in [0.05, 0.1) is 6.42 Å². The molecule has 3 heteroatoms. The molecule has 0 saturated carbocycles. The van der Waals surface area contributed by atoms with Crippen molar-refractivity contribution in [2.24, 2.45) is 17.8 Å². The van der Waals surface area contributed by atoms with Gasteiger partial charge in [-0.15, -0.1) is 0 Å². The molecule has 0 aliphatic heterocycles. The number of carbonyl (C=O) groups excluding carboxylic acids is 3. The highest BCUT2D eigenvalue weighted by atomic mass is 16.1. The van der Waals surface area contributed by atoms with E-state index in [1.807, 2.05) is 6.92 Å². The van der Waals surface area contributed by atoms with Crippen LogP contribution in [0.2, 0.25) is 0 Å². The van der Waals surface area contributed by atoms with E-state index in [1.54, 1.807) is 0 Å². The fourth-order valence-corrected chi connectivity index (χ4v) is 5.72. The van der Waals surface area contributed by atoms with Gasteiger partial charge in [-0.05, 0) is 73.6 Å². The number of fused-ring (bicyclic) bond motifs is 1. The van der Waals surface area contributed by atoms with Gasteiger partial charge in [0.2, 0.25) is 0 Å². The lowest BCUT2D eigenvalue weighted by Gasteiger charge is -2.32. The number of rotatable bonds is 10. The minimum Gasteiger partial charge on any atom is -0.300 e. The molecule has 0 bridgehead atoms. The third-order valence-electron chi connectivity index (χ3n) is 7.07. The van der Waals surface area contributed by atoms with E-state index >= 15 is 0 Å². The zero-order valence-electron chi connectivity index (χ0n) is 19.5. The number of hydrogen-bond acceptors (Lipinski definition) is 3. The van der Waals surface area contributed by atoms with Crippen molar-refractivity contribution in [2.75, 3.05) is 0 Å². The second-order valence-corrected chi connectivity index (χ2v) is 9.44. The summed E-state index contributed by atoms with van der Waals surface area (Å²) < 4.78 is 0. The van der Waals surface area contributed by atoms with E-state index < -0.39 is 0 Å². The van der Waals surface area contributed by atoms with Crippen molar-refractivity contribution in [3.8, 4) is 0 Å². The minimum atomic E-state index is -0.0775. The standard InChI is InChI=1S/C28H36O3/c1-5-9-22(24(6-2)26(30)14-18(3)29)15-20-16-23-12-13-25(21-10-7-8-11-21)19(4)28(23)27(31)17-20/h7-8,10,12-13,20,22,24H,5-6,9,11,14-17H2,1-4H3. The summed E-state index contributed by atoms with van der Waals surface area (Å²) in [6.45, 7) is 7.77. The van der Waals surface area contributed by atoms with Crippen molar-refractivity contribution in [3.05, 3.63) is 52.6 Å². The number of benzene rings is 1. The Morgan fingerprint density at radius 1 is 1.16 bits per heavy atom. The highest BCUT2D eigenvalue weighted by Crippen LogP contribution is 2.38.